The van der Waals surface area contributed by atoms with Crippen LogP contribution in [0.2, 0.25) is 0 Å². The van der Waals surface area contributed by atoms with Gasteiger partial charge in [-0.05, 0) is 25.3 Å². The molecule has 2 aliphatic rings. The van der Waals surface area contributed by atoms with Crippen molar-refractivity contribution in [1.82, 2.24) is 10.6 Å². The smallest absolute Gasteiger partial charge is 0.221 e. The summed E-state index contributed by atoms with van der Waals surface area (Å²) >= 11 is 1.93. The Hall–Kier alpha value is -0.750. The second-order valence-electron chi connectivity index (χ2n) is 6.97. The van der Waals surface area contributed by atoms with Crippen LogP contribution < -0.4 is 10.6 Å². The minimum absolute atomic E-state index is 0. The first-order valence-electron chi connectivity index (χ1n) is 8.91. The Labute approximate surface area is 161 Å². The second kappa shape index (κ2) is 9.81. The molecule has 2 saturated heterocycles. The lowest BCUT2D eigenvalue weighted by atomic mass is 9.74. The third-order valence-corrected chi connectivity index (χ3v) is 6.30. The van der Waals surface area contributed by atoms with Crippen LogP contribution in [0.25, 0.3) is 0 Å². The van der Waals surface area contributed by atoms with Crippen molar-refractivity contribution < 1.29 is 9.53 Å². The number of halogens is 1. The molecule has 1 amide bonds. The molecule has 1 unspecified atom stereocenters. The van der Waals surface area contributed by atoms with Crippen molar-refractivity contribution in [2.24, 2.45) is 0 Å². The molecule has 1 aromatic carbocycles. The van der Waals surface area contributed by atoms with Gasteiger partial charge in [0.2, 0.25) is 5.91 Å². The summed E-state index contributed by atoms with van der Waals surface area (Å²) in [5, 5.41) is 6.64. The number of hydrogen-bond acceptors (Lipinski definition) is 4. The highest BCUT2D eigenvalue weighted by Crippen LogP contribution is 2.34. The van der Waals surface area contributed by atoms with Crippen molar-refractivity contribution in [3.05, 3.63) is 35.4 Å². The quantitative estimate of drug-likeness (QED) is 0.819. The minimum atomic E-state index is 0. The van der Waals surface area contributed by atoms with E-state index in [4.69, 9.17) is 4.74 Å². The molecule has 0 radical (unpaired) electrons. The highest BCUT2D eigenvalue weighted by atomic mass is 35.5. The van der Waals surface area contributed by atoms with Crippen LogP contribution in [0.15, 0.2) is 24.3 Å². The van der Waals surface area contributed by atoms with Crippen molar-refractivity contribution in [3.8, 4) is 0 Å². The molecule has 2 heterocycles. The van der Waals surface area contributed by atoms with Crippen LogP contribution in [0.5, 0.6) is 0 Å². The number of aryl methyl sites for hydroxylation is 1. The number of thioether (sulfide) groups is 1. The highest BCUT2D eigenvalue weighted by Gasteiger charge is 2.35. The number of hydrogen-bond donors (Lipinski definition) is 2. The Kier molecular flexibility index (Phi) is 8.07. The molecule has 4 nitrogen and oxygen atoms in total. The Morgan fingerprint density at radius 2 is 2.04 bits per heavy atom. The number of carbonyl (C=O) groups is 1. The summed E-state index contributed by atoms with van der Waals surface area (Å²) in [6.07, 6.45) is 2.51. The Morgan fingerprint density at radius 3 is 2.68 bits per heavy atom. The zero-order valence-corrected chi connectivity index (χ0v) is 16.5. The van der Waals surface area contributed by atoms with E-state index in [1.165, 1.54) is 11.1 Å². The molecule has 3 rings (SSSR count). The van der Waals surface area contributed by atoms with Gasteiger partial charge >= 0.3 is 0 Å². The van der Waals surface area contributed by atoms with E-state index in [-0.39, 0.29) is 23.7 Å². The fourth-order valence-electron chi connectivity index (χ4n) is 3.55. The van der Waals surface area contributed by atoms with Crippen LogP contribution in [0.1, 0.15) is 30.4 Å². The van der Waals surface area contributed by atoms with E-state index in [1.807, 2.05) is 11.8 Å². The number of rotatable bonds is 5. The van der Waals surface area contributed by atoms with Crippen molar-refractivity contribution >= 4 is 30.1 Å². The lowest BCUT2D eigenvalue weighted by Gasteiger charge is -2.38. The molecule has 0 spiro atoms. The molecule has 2 N–H and O–H groups in total. The van der Waals surface area contributed by atoms with E-state index >= 15 is 0 Å². The standard InChI is InChI=1S/C19H28N2O2S.ClH/c1-15-2-4-16(5-3-15)19(6-9-23-10-7-19)14-21-18(22)12-17-13-24-11-8-20-17;/h2-5,17,20H,6-14H2,1H3,(H,21,22);1H. The third kappa shape index (κ3) is 5.61. The summed E-state index contributed by atoms with van der Waals surface area (Å²) in [6, 6.07) is 9.07. The Morgan fingerprint density at radius 1 is 1.32 bits per heavy atom. The maximum Gasteiger partial charge on any atom is 0.221 e. The van der Waals surface area contributed by atoms with E-state index in [1.54, 1.807) is 0 Å². The van der Waals surface area contributed by atoms with E-state index in [0.29, 0.717) is 19.0 Å². The van der Waals surface area contributed by atoms with Gasteiger partial charge in [0.05, 0.1) is 0 Å². The normalized spacial score (nSPS) is 22.7. The first-order chi connectivity index (χ1) is 11.7. The van der Waals surface area contributed by atoms with Crippen molar-refractivity contribution in [1.29, 1.82) is 0 Å². The molecule has 1 atom stereocenters. The van der Waals surface area contributed by atoms with Crippen LogP contribution >= 0.6 is 24.2 Å². The van der Waals surface area contributed by atoms with Crippen LogP contribution in [0, 0.1) is 6.92 Å². The maximum absolute atomic E-state index is 12.4. The molecular formula is C19H29ClN2O2S. The van der Waals surface area contributed by atoms with Gasteiger partial charge in [0.25, 0.3) is 0 Å². The predicted octanol–water partition coefficient (Wildman–Crippen LogP) is 2.68. The third-order valence-electron chi connectivity index (χ3n) is 5.17. The lowest BCUT2D eigenvalue weighted by molar-refractivity contribution is -0.122. The van der Waals surface area contributed by atoms with Crippen LogP contribution in [0.4, 0.5) is 0 Å². The summed E-state index contributed by atoms with van der Waals surface area (Å²) in [7, 11) is 0. The predicted molar refractivity (Wildman–Crippen MR) is 107 cm³/mol. The van der Waals surface area contributed by atoms with Gasteiger partial charge in [-0.25, -0.2) is 0 Å². The molecule has 140 valence electrons. The fourth-order valence-corrected chi connectivity index (χ4v) is 4.50. The molecule has 2 aliphatic heterocycles. The lowest BCUT2D eigenvalue weighted by Crippen LogP contribution is -2.47. The zero-order valence-electron chi connectivity index (χ0n) is 14.9. The number of ether oxygens (including phenoxy) is 1. The first-order valence-corrected chi connectivity index (χ1v) is 10.1. The number of carbonyl (C=O) groups excluding carboxylic acids is 1. The summed E-state index contributed by atoms with van der Waals surface area (Å²) in [4.78, 5) is 12.4. The molecule has 0 aliphatic carbocycles. The van der Waals surface area contributed by atoms with E-state index in [0.717, 1.165) is 44.1 Å². The summed E-state index contributed by atoms with van der Waals surface area (Å²) < 4.78 is 5.57. The molecule has 0 aromatic heterocycles. The second-order valence-corrected chi connectivity index (χ2v) is 8.12. The molecule has 0 bridgehead atoms. The van der Waals surface area contributed by atoms with E-state index in [2.05, 4.69) is 41.8 Å². The number of nitrogens with one attached hydrogen (secondary N) is 2. The van der Waals surface area contributed by atoms with Crippen LogP contribution in [-0.2, 0) is 14.9 Å². The topological polar surface area (TPSA) is 50.4 Å². The van der Waals surface area contributed by atoms with Gasteiger partial charge in [-0.15, -0.1) is 12.4 Å². The van der Waals surface area contributed by atoms with Gasteiger partial charge in [0.15, 0.2) is 0 Å². The van der Waals surface area contributed by atoms with Gasteiger partial charge < -0.3 is 15.4 Å². The molecule has 25 heavy (non-hydrogen) atoms. The molecule has 0 saturated carbocycles. The first kappa shape index (κ1) is 20.6. The van der Waals surface area contributed by atoms with Crippen molar-refractivity contribution in [2.45, 2.75) is 37.6 Å². The maximum atomic E-state index is 12.4. The fraction of sp³-hybridized carbons (Fsp3) is 0.632. The number of benzene rings is 1. The number of amides is 1. The summed E-state index contributed by atoms with van der Waals surface area (Å²) in [5.74, 6) is 2.34. The van der Waals surface area contributed by atoms with Crippen molar-refractivity contribution in [2.75, 3.05) is 37.8 Å². The highest BCUT2D eigenvalue weighted by molar-refractivity contribution is 7.99. The van der Waals surface area contributed by atoms with Crippen LogP contribution in [-0.4, -0.2) is 49.8 Å². The van der Waals surface area contributed by atoms with Gasteiger partial charge in [-0.3, -0.25) is 4.79 Å². The van der Waals surface area contributed by atoms with E-state index in [9.17, 15) is 4.79 Å². The van der Waals surface area contributed by atoms with Gasteiger partial charge in [-0.1, -0.05) is 29.8 Å². The van der Waals surface area contributed by atoms with Crippen LogP contribution in [0.3, 0.4) is 0 Å². The Balaban J connectivity index is 0.00000225. The van der Waals surface area contributed by atoms with E-state index < -0.39 is 0 Å². The Bertz CT molecular complexity index is 541. The summed E-state index contributed by atoms with van der Waals surface area (Å²) in [5.41, 5.74) is 2.60. The molecule has 2 fully saturated rings. The molecular weight excluding hydrogens is 356 g/mol. The average molecular weight is 385 g/mol. The van der Waals surface area contributed by atoms with Gasteiger partial charge in [-0.2, -0.15) is 11.8 Å². The monoisotopic (exact) mass is 384 g/mol. The van der Waals surface area contributed by atoms with Gasteiger partial charge in [0, 0.05) is 55.7 Å². The molecule has 1 aromatic rings. The SMILES string of the molecule is Cc1ccc(C2(CNC(=O)CC3CSCCN3)CCOCC2)cc1.Cl. The summed E-state index contributed by atoms with van der Waals surface area (Å²) in [6.45, 7) is 5.36. The minimum Gasteiger partial charge on any atom is -0.381 e. The zero-order chi connectivity index (χ0) is 16.8. The van der Waals surface area contributed by atoms with Crippen molar-refractivity contribution in [3.63, 3.8) is 0 Å². The molecule has 6 heteroatoms. The van der Waals surface area contributed by atoms with Gasteiger partial charge in [0.1, 0.15) is 0 Å². The largest absolute Gasteiger partial charge is 0.381 e. The average Bonchev–Trinajstić information content (AvgIpc) is 2.62.